The second-order valence-corrected chi connectivity index (χ2v) is 8.67. The minimum Gasteiger partial charge on any atom is -0.355 e. The van der Waals surface area contributed by atoms with Gasteiger partial charge in [-0.05, 0) is 47.9 Å². The van der Waals surface area contributed by atoms with E-state index in [4.69, 9.17) is 0 Å². The molecule has 2 heteroatoms. The van der Waals surface area contributed by atoms with Gasteiger partial charge in [0.05, 0.1) is 11.6 Å². The van der Waals surface area contributed by atoms with Crippen LogP contribution >= 0.6 is 0 Å². The van der Waals surface area contributed by atoms with Crippen molar-refractivity contribution in [1.29, 1.82) is 0 Å². The molecule has 0 aliphatic heterocycles. The molecule has 2 nitrogen and oxygen atoms in total. The molecule has 32 heavy (non-hydrogen) atoms. The highest BCUT2D eigenvalue weighted by molar-refractivity contribution is 6.11. The molecule has 0 radical (unpaired) electrons. The van der Waals surface area contributed by atoms with Crippen LogP contribution in [0, 0.1) is 0 Å². The fourth-order valence-electron chi connectivity index (χ4n) is 5.32. The molecule has 2 heterocycles. The zero-order chi connectivity index (χ0) is 21.1. The van der Waals surface area contributed by atoms with E-state index in [1.165, 1.54) is 54.7 Å². The Hall–Kier alpha value is -4.04. The smallest absolute Gasteiger partial charge is 0.0560 e. The number of benzene rings is 4. The largest absolute Gasteiger partial charge is 0.355 e. The van der Waals surface area contributed by atoms with Crippen LogP contribution in [0.3, 0.4) is 0 Å². The average Bonchev–Trinajstić information content (AvgIpc) is 3.39. The Morgan fingerprint density at radius 2 is 1.38 bits per heavy atom. The highest BCUT2D eigenvalue weighted by atomic mass is 15.0. The van der Waals surface area contributed by atoms with Crippen LogP contribution in [0.15, 0.2) is 109 Å². The molecule has 1 aliphatic carbocycles. The summed E-state index contributed by atoms with van der Waals surface area (Å²) in [7, 11) is 0. The van der Waals surface area contributed by atoms with Crippen LogP contribution in [0.5, 0.6) is 0 Å². The third-order valence-corrected chi connectivity index (χ3v) is 6.84. The van der Waals surface area contributed by atoms with Crippen molar-refractivity contribution in [2.24, 2.45) is 0 Å². The third kappa shape index (κ3) is 2.53. The number of nitrogens with zero attached hydrogens (tertiary/aromatic N) is 1. The maximum Gasteiger partial charge on any atom is 0.0560 e. The number of aromatic nitrogens is 2. The quantitative estimate of drug-likeness (QED) is 0.297. The Bertz CT molecular complexity index is 1710. The molecule has 0 amide bonds. The Kier molecular flexibility index (Phi) is 3.71. The van der Waals surface area contributed by atoms with E-state index in [2.05, 4.69) is 119 Å². The van der Waals surface area contributed by atoms with Crippen LogP contribution in [-0.2, 0) is 0 Å². The number of aromatic amines is 1. The van der Waals surface area contributed by atoms with E-state index >= 15 is 0 Å². The van der Waals surface area contributed by atoms with Gasteiger partial charge >= 0.3 is 0 Å². The van der Waals surface area contributed by atoms with Gasteiger partial charge in [0.1, 0.15) is 0 Å². The Balaban J connectivity index is 1.47. The van der Waals surface area contributed by atoms with E-state index in [1.54, 1.807) is 0 Å². The molecule has 1 N–H and O–H groups in total. The van der Waals surface area contributed by atoms with E-state index in [0.717, 1.165) is 6.42 Å². The molecule has 1 unspecified atom stereocenters. The molecule has 0 bridgehead atoms. The van der Waals surface area contributed by atoms with E-state index in [1.807, 2.05) is 0 Å². The molecule has 0 fully saturated rings. The molecule has 7 rings (SSSR count). The lowest BCUT2D eigenvalue weighted by atomic mass is 10.0. The van der Waals surface area contributed by atoms with Gasteiger partial charge in [0.2, 0.25) is 0 Å². The summed E-state index contributed by atoms with van der Waals surface area (Å²) < 4.78 is 2.51. The number of hydrogen-bond acceptors (Lipinski definition) is 0. The van der Waals surface area contributed by atoms with Crippen LogP contribution in [0.4, 0.5) is 0 Å². The van der Waals surface area contributed by atoms with Gasteiger partial charge in [-0.25, -0.2) is 0 Å². The average molecular weight is 411 g/mol. The van der Waals surface area contributed by atoms with Crippen molar-refractivity contribution in [3.63, 3.8) is 0 Å². The number of nitrogens with one attached hydrogen (secondary N) is 1. The molecule has 0 spiro atoms. The van der Waals surface area contributed by atoms with Crippen molar-refractivity contribution in [3.05, 3.63) is 109 Å². The van der Waals surface area contributed by atoms with E-state index in [9.17, 15) is 0 Å². The normalized spacial score (nSPS) is 16.1. The SMILES string of the molecule is C1=CCC(n2c3ccccc3c3ccc(-c4ccc5[nH]c6ccccc6c5c4)cc32)C=C1. The minimum atomic E-state index is 0.341. The van der Waals surface area contributed by atoms with Crippen LogP contribution < -0.4 is 0 Å². The Morgan fingerprint density at radius 1 is 0.625 bits per heavy atom. The summed E-state index contributed by atoms with van der Waals surface area (Å²) in [6, 6.07) is 31.4. The van der Waals surface area contributed by atoms with Crippen molar-refractivity contribution < 1.29 is 0 Å². The Labute approximate surface area is 186 Å². The lowest BCUT2D eigenvalue weighted by Gasteiger charge is -2.18. The standard InChI is InChI=1S/C30H22N2/c1-2-8-22(9-3-1)32-29-13-7-5-11-24(29)25-16-14-21(19-30(25)32)20-15-17-28-26(18-20)23-10-4-6-12-27(23)31-28/h1-8,10-19,22,31H,9H2. The zero-order valence-electron chi connectivity index (χ0n) is 17.6. The zero-order valence-corrected chi connectivity index (χ0v) is 17.6. The van der Waals surface area contributed by atoms with E-state index in [-0.39, 0.29) is 0 Å². The summed E-state index contributed by atoms with van der Waals surface area (Å²) in [5, 5.41) is 5.20. The van der Waals surface area contributed by atoms with Crippen LogP contribution in [0.1, 0.15) is 12.5 Å². The number of H-pyrrole nitrogens is 1. The summed E-state index contributed by atoms with van der Waals surface area (Å²) >= 11 is 0. The summed E-state index contributed by atoms with van der Waals surface area (Å²) in [6.45, 7) is 0. The monoisotopic (exact) mass is 410 g/mol. The van der Waals surface area contributed by atoms with E-state index in [0.29, 0.717) is 6.04 Å². The van der Waals surface area contributed by atoms with Gasteiger partial charge in [-0.2, -0.15) is 0 Å². The summed E-state index contributed by atoms with van der Waals surface area (Å²) in [6.07, 6.45) is 9.92. The number of rotatable bonds is 2. The maximum atomic E-state index is 3.54. The Morgan fingerprint density at radius 3 is 2.28 bits per heavy atom. The summed E-state index contributed by atoms with van der Waals surface area (Å²) in [5.74, 6) is 0. The summed E-state index contributed by atoms with van der Waals surface area (Å²) in [4.78, 5) is 3.54. The van der Waals surface area contributed by atoms with Crippen LogP contribution in [0.2, 0.25) is 0 Å². The molecule has 0 saturated carbocycles. The van der Waals surface area contributed by atoms with Crippen LogP contribution in [0.25, 0.3) is 54.7 Å². The lowest BCUT2D eigenvalue weighted by Crippen LogP contribution is -2.06. The highest BCUT2D eigenvalue weighted by Gasteiger charge is 2.17. The van der Waals surface area contributed by atoms with Gasteiger partial charge in [-0.15, -0.1) is 0 Å². The van der Waals surface area contributed by atoms with Crippen molar-refractivity contribution in [1.82, 2.24) is 9.55 Å². The van der Waals surface area contributed by atoms with Crippen LogP contribution in [-0.4, -0.2) is 9.55 Å². The molecule has 1 atom stereocenters. The molecule has 0 saturated heterocycles. The first-order valence-corrected chi connectivity index (χ1v) is 11.2. The molecule has 6 aromatic rings. The molecular formula is C30H22N2. The number of para-hydroxylation sites is 2. The predicted molar refractivity (Wildman–Crippen MR) is 136 cm³/mol. The van der Waals surface area contributed by atoms with Gasteiger partial charge in [-0.3, -0.25) is 0 Å². The fraction of sp³-hybridized carbons (Fsp3) is 0.0667. The lowest BCUT2D eigenvalue weighted by molar-refractivity contribution is 0.648. The second-order valence-electron chi connectivity index (χ2n) is 8.67. The molecular weight excluding hydrogens is 388 g/mol. The van der Waals surface area contributed by atoms with Crippen molar-refractivity contribution in [3.8, 4) is 11.1 Å². The first-order valence-electron chi connectivity index (χ1n) is 11.2. The maximum absolute atomic E-state index is 3.54. The third-order valence-electron chi connectivity index (χ3n) is 6.84. The highest BCUT2D eigenvalue weighted by Crippen LogP contribution is 2.37. The van der Waals surface area contributed by atoms with Crippen molar-refractivity contribution in [2.75, 3.05) is 0 Å². The molecule has 2 aromatic heterocycles. The van der Waals surface area contributed by atoms with Gasteiger partial charge in [-0.1, -0.05) is 78.9 Å². The number of fused-ring (bicyclic) bond motifs is 6. The predicted octanol–water partition coefficient (Wildman–Crippen LogP) is 8.15. The van der Waals surface area contributed by atoms with Gasteiger partial charge in [0, 0.05) is 38.1 Å². The minimum absolute atomic E-state index is 0.341. The first-order chi connectivity index (χ1) is 15.9. The first kappa shape index (κ1) is 17.6. The van der Waals surface area contributed by atoms with Gasteiger partial charge in [0.25, 0.3) is 0 Å². The van der Waals surface area contributed by atoms with E-state index < -0.39 is 0 Å². The van der Waals surface area contributed by atoms with Gasteiger partial charge in [0.15, 0.2) is 0 Å². The summed E-state index contributed by atoms with van der Waals surface area (Å²) in [5.41, 5.74) is 7.48. The molecule has 1 aliphatic rings. The molecule has 152 valence electrons. The number of hydrogen-bond donors (Lipinski definition) is 1. The fourth-order valence-corrected chi connectivity index (χ4v) is 5.32. The topological polar surface area (TPSA) is 20.7 Å². The number of allylic oxidation sites excluding steroid dienone is 4. The van der Waals surface area contributed by atoms with Crippen molar-refractivity contribution in [2.45, 2.75) is 12.5 Å². The molecule has 4 aromatic carbocycles. The van der Waals surface area contributed by atoms with Gasteiger partial charge < -0.3 is 9.55 Å². The second kappa shape index (κ2) is 6.73. The van der Waals surface area contributed by atoms with Crippen molar-refractivity contribution >= 4 is 43.6 Å².